The maximum absolute atomic E-state index is 11.4. The monoisotopic (exact) mass is 245 g/mol. The van der Waals surface area contributed by atoms with Crippen molar-refractivity contribution in [1.82, 2.24) is 15.8 Å². The lowest BCUT2D eigenvalue weighted by molar-refractivity contribution is -0.145. The Hall–Kier alpha value is -1.18. The van der Waals surface area contributed by atoms with Crippen LogP contribution in [0.3, 0.4) is 0 Å². The number of carbonyl (C=O) groups is 2. The van der Waals surface area contributed by atoms with Crippen molar-refractivity contribution in [1.29, 1.82) is 0 Å². The van der Waals surface area contributed by atoms with Gasteiger partial charge in [0.2, 0.25) is 5.91 Å². The Morgan fingerprint density at radius 1 is 1.41 bits per heavy atom. The Morgan fingerprint density at radius 2 is 2.06 bits per heavy atom. The predicted molar refractivity (Wildman–Crippen MR) is 60.0 cm³/mol. The fourth-order valence-corrected chi connectivity index (χ4v) is 1.52. The van der Waals surface area contributed by atoms with Crippen molar-refractivity contribution in [3.8, 4) is 0 Å². The van der Waals surface area contributed by atoms with Crippen molar-refractivity contribution >= 4 is 11.9 Å². The topological polar surface area (TPSA) is 79.9 Å². The molecule has 1 saturated heterocycles. The molecule has 0 aromatic carbocycles. The molecule has 1 amide bonds. The number of hydrogen-bond acceptors (Lipinski definition) is 6. The number of ether oxygens (including phenoxy) is 2. The van der Waals surface area contributed by atoms with Gasteiger partial charge in [0.05, 0.1) is 20.3 Å². The third-order valence-electron chi connectivity index (χ3n) is 2.39. The highest BCUT2D eigenvalue weighted by molar-refractivity contribution is 5.83. The van der Waals surface area contributed by atoms with Crippen LogP contribution < -0.4 is 10.7 Å². The average Bonchev–Trinajstić information content (AvgIpc) is 2.34. The van der Waals surface area contributed by atoms with Crippen LogP contribution in [0.15, 0.2) is 0 Å². The SMILES string of the molecule is COC(=O)C(CNN1CCOCC1)NC(C)=O. The van der Waals surface area contributed by atoms with Crippen LogP contribution >= 0.6 is 0 Å². The van der Waals surface area contributed by atoms with Crippen molar-refractivity contribution in [2.75, 3.05) is 40.0 Å². The number of nitrogens with zero attached hydrogens (tertiary/aromatic N) is 1. The molecule has 0 radical (unpaired) electrons. The molecule has 0 aromatic rings. The van der Waals surface area contributed by atoms with Gasteiger partial charge in [0.15, 0.2) is 0 Å². The molecule has 1 unspecified atom stereocenters. The van der Waals surface area contributed by atoms with Crippen LogP contribution in [0.1, 0.15) is 6.92 Å². The van der Waals surface area contributed by atoms with Crippen molar-refractivity contribution in [3.63, 3.8) is 0 Å². The summed E-state index contributed by atoms with van der Waals surface area (Å²) in [6.07, 6.45) is 0. The maximum atomic E-state index is 11.4. The molecule has 7 nitrogen and oxygen atoms in total. The van der Waals surface area contributed by atoms with Gasteiger partial charge in [0.1, 0.15) is 6.04 Å². The quantitative estimate of drug-likeness (QED) is 0.574. The van der Waals surface area contributed by atoms with E-state index in [1.54, 1.807) is 0 Å². The first-order chi connectivity index (χ1) is 8.13. The first kappa shape index (κ1) is 13.9. The summed E-state index contributed by atoms with van der Waals surface area (Å²) >= 11 is 0. The summed E-state index contributed by atoms with van der Waals surface area (Å²) < 4.78 is 9.81. The minimum absolute atomic E-state index is 0.260. The van der Waals surface area contributed by atoms with Crippen LogP contribution in [0.25, 0.3) is 0 Å². The van der Waals surface area contributed by atoms with E-state index in [0.717, 1.165) is 13.1 Å². The average molecular weight is 245 g/mol. The van der Waals surface area contributed by atoms with Crippen LogP contribution in [-0.2, 0) is 19.1 Å². The van der Waals surface area contributed by atoms with E-state index in [1.807, 2.05) is 5.01 Å². The molecule has 1 aliphatic rings. The van der Waals surface area contributed by atoms with Crippen LogP contribution in [0.4, 0.5) is 0 Å². The molecule has 17 heavy (non-hydrogen) atoms. The number of hydrazine groups is 1. The van der Waals surface area contributed by atoms with E-state index in [2.05, 4.69) is 15.5 Å². The van der Waals surface area contributed by atoms with Gasteiger partial charge >= 0.3 is 5.97 Å². The lowest BCUT2D eigenvalue weighted by atomic mass is 10.3. The lowest BCUT2D eigenvalue weighted by Gasteiger charge is -2.28. The molecule has 0 aromatic heterocycles. The summed E-state index contributed by atoms with van der Waals surface area (Å²) in [5, 5.41) is 4.50. The number of amides is 1. The van der Waals surface area contributed by atoms with E-state index < -0.39 is 12.0 Å². The van der Waals surface area contributed by atoms with Crippen LogP contribution in [0.2, 0.25) is 0 Å². The molecule has 1 atom stereocenters. The van der Waals surface area contributed by atoms with Gasteiger partial charge in [0, 0.05) is 26.6 Å². The summed E-state index contributed by atoms with van der Waals surface area (Å²) in [5.74, 6) is -0.717. The van der Waals surface area contributed by atoms with Crippen molar-refractivity contribution in [3.05, 3.63) is 0 Å². The molecule has 0 spiro atoms. The molecule has 1 heterocycles. The number of hydrogen-bond donors (Lipinski definition) is 2. The second-order valence-corrected chi connectivity index (χ2v) is 3.74. The van der Waals surface area contributed by atoms with E-state index in [-0.39, 0.29) is 5.91 Å². The summed E-state index contributed by atoms with van der Waals surface area (Å²) in [5.41, 5.74) is 3.08. The molecule has 1 fully saturated rings. The molecule has 1 rings (SSSR count). The van der Waals surface area contributed by atoms with Gasteiger partial charge in [0.25, 0.3) is 0 Å². The van der Waals surface area contributed by atoms with Gasteiger partial charge in [-0.3, -0.25) is 10.2 Å². The molecule has 7 heteroatoms. The third kappa shape index (κ3) is 5.12. The summed E-state index contributed by atoms with van der Waals surface area (Å²) in [4.78, 5) is 22.3. The fraction of sp³-hybridized carbons (Fsp3) is 0.800. The second kappa shape index (κ2) is 7.21. The molecule has 98 valence electrons. The van der Waals surface area contributed by atoms with Crippen LogP contribution in [0, 0.1) is 0 Å². The Morgan fingerprint density at radius 3 is 2.59 bits per heavy atom. The Bertz CT molecular complexity index is 266. The van der Waals surface area contributed by atoms with Gasteiger partial charge in [-0.1, -0.05) is 0 Å². The first-order valence-electron chi connectivity index (χ1n) is 5.54. The molecule has 0 aliphatic carbocycles. The van der Waals surface area contributed by atoms with E-state index in [4.69, 9.17) is 4.74 Å². The molecule has 1 aliphatic heterocycles. The number of carbonyl (C=O) groups excluding carboxylic acids is 2. The van der Waals surface area contributed by atoms with Crippen molar-refractivity contribution in [2.45, 2.75) is 13.0 Å². The van der Waals surface area contributed by atoms with E-state index in [1.165, 1.54) is 14.0 Å². The fourth-order valence-electron chi connectivity index (χ4n) is 1.52. The zero-order valence-corrected chi connectivity index (χ0v) is 10.2. The Labute approximate surface area is 100 Å². The van der Waals surface area contributed by atoms with Gasteiger partial charge < -0.3 is 14.8 Å². The van der Waals surface area contributed by atoms with Gasteiger partial charge in [-0.25, -0.2) is 9.80 Å². The smallest absolute Gasteiger partial charge is 0.329 e. The minimum Gasteiger partial charge on any atom is -0.467 e. The number of nitrogens with one attached hydrogen (secondary N) is 2. The Balaban J connectivity index is 2.36. The highest BCUT2D eigenvalue weighted by Crippen LogP contribution is 1.94. The third-order valence-corrected chi connectivity index (χ3v) is 2.39. The lowest BCUT2D eigenvalue weighted by Crippen LogP contribution is -2.53. The van der Waals surface area contributed by atoms with Gasteiger partial charge in [-0.2, -0.15) is 0 Å². The number of esters is 1. The predicted octanol–water partition coefficient (Wildman–Crippen LogP) is -1.50. The van der Waals surface area contributed by atoms with Crippen molar-refractivity contribution in [2.24, 2.45) is 0 Å². The molecule has 2 N–H and O–H groups in total. The molecular weight excluding hydrogens is 226 g/mol. The summed E-state index contributed by atoms with van der Waals surface area (Å²) in [6.45, 7) is 4.52. The zero-order valence-electron chi connectivity index (χ0n) is 10.2. The number of morpholine rings is 1. The second-order valence-electron chi connectivity index (χ2n) is 3.74. The number of rotatable bonds is 5. The molecule has 0 saturated carbocycles. The zero-order chi connectivity index (χ0) is 12.7. The van der Waals surface area contributed by atoms with Gasteiger partial charge in [-0.05, 0) is 0 Å². The molecular formula is C10H19N3O4. The normalized spacial score (nSPS) is 18.5. The largest absolute Gasteiger partial charge is 0.467 e. The summed E-state index contributed by atoms with van der Waals surface area (Å²) in [6, 6.07) is -0.666. The highest BCUT2D eigenvalue weighted by atomic mass is 16.5. The maximum Gasteiger partial charge on any atom is 0.329 e. The summed E-state index contributed by atoms with van der Waals surface area (Å²) in [7, 11) is 1.30. The van der Waals surface area contributed by atoms with E-state index in [9.17, 15) is 9.59 Å². The van der Waals surface area contributed by atoms with Crippen LogP contribution in [0.5, 0.6) is 0 Å². The highest BCUT2D eigenvalue weighted by Gasteiger charge is 2.21. The van der Waals surface area contributed by atoms with Crippen LogP contribution in [-0.4, -0.2) is 62.9 Å². The van der Waals surface area contributed by atoms with E-state index >= 15 is 0 Å². The minimum atomic E-state index is -0.666. The van der Waals surface area contributed by atoms with Crippen molar-refractivity contribution < 1.29 is 19.1 Å². The molecule has 0 bridgehead atoms. The standard InChI is InChI=1S/C10H19N3O4/c1-8(14)12-9(10(15)16-2)7-11-13-3-5-17-6-4-13/h9,11H,3-7H2,1-2H3,(H,12,14). The van der Waals surface area contributed by atoms with Gasteiger partial charge in [-0.15, -0.1) is 0 Å². The number of methoxy groups -OCH3 is 1. The van der Waals surface area contributed by atoms with E-state index in [0.29, 0.717) is 19.8 Å². The Kier molecular flexibility index (Phi) is 5.88. The first-order valence-corrected chi connectivity index (χ1v) is 5.54.